The van der Waals surface area contributed by atoms with E-state index in [0.29, 0.717) is 12.3 Å². The lowest BCUT2D eigenvalue weighted by molar-refractivity contribution is -0.157. The Morgan fingerprint density at radius 3 is 2.28 bits per heavy atom. The highest BCUT2D eigenvalue weighted by atomic mass is 16.6. The second-order valence-electron chi connectivity index (χ2n) is 6.59. The van der Waals surface area contributed by atoms with Crippen LogP contribution in [0.3, 0.4) is 0 Å². The van der Waals surface area contributed by atoms with Crippen LogP contribution in [-0.2, 0) is 20.9 Å². The van der Waals surface area contributed by atoms with E-state index in [0.717, 1.165) is 5.56 Å². The lowest BCUT2D eigenvalue weighted by atomic mass is 10.1. The van der Waals surface area contributed by atoms with Crippen molar-refractivity contribution in [3.8, 4) is 5.75 Å². The number of benzene rings is 1. The van der Waals surface area contributed by atoms with Gasteiger partial charge in [0.05, 0.1) is 6.10 Å². The summed E-state index contributed by atoms with van der Waals surface area (Å²) in [5, 5.41) is 21.0. The molecule has 25 heavy (non-hydrogen) atoms. The summed E-state index contributed by atoms with van der Waals surface area (Å²) in [7, 11) is 0. The minimum atomic E-state index is -0.969. The Morgan fingerprint density at radius 1 is 1.20 bits per heavy atom. The van der Waals surface area contributed by atoms with Gasteiger partial charge in [-0.15, -0.1) is 0 Å². The fourth-order valence-corrected chi connectivity index (χ4v) is 2.00. The Bertz CT molecular complexity index is 565. The first-order valence-electron chi connectivity index (χ1n) is 7.91. The first-order valence-corrected chi connectivity index (χ1v) is 7.91. The van der Waals surface area contributed by atoms with E-state index < -0.39 is 29.6 Å². The van der Waals surface area contributed by atoms with Crippen LogP contribution < -0.4 is 15.5 Å². The van der Waals surface area contributed by atoms with Crippen LogP contribution >= 0.6 is 0 Å². The smallest absolute Gasteiger partial charge is 0.344 e. The highest BCUT2D eigenvalue weighted by Gasteiger charge is 2.22. The highest BCUT2D eigenvalue weighted by Crippen LogP contribution is 2.13. The number of hydrogen-bond acceptors (Lipinski definition) is 7. The van der Waals surface area contributed by atoms with Gasteiger partial charge in [0.2, 0.25) is 0 Å². The molecule has 0 aromatic heterocycles. The van der Waals surface area contributed by atoms with E-state index in [1.807, 2.05) is 0 Å². The van der Waals surface area contributed by atoms with Crippen molar-refractivity contribution in [1.29, 1.82) is 0 Å². The minimum Gasteiger partial charge on any atom is -0.482 e. The van der Waals surface area contributed by atoms with Crippen molar-refractivity contribution in [2.45, 2.75) is 52.0 Å². The summed E-state index contributed by atoms with van der Waals surface area (Å²) in [6.45, 7) is 6.91. The summed E-state index contributed by atoms with van der Waals surface area (Å²) in [5.74, 6) is -0.657. The number of amides is 1. The molecule has 0 bridgehead atoms. The van der Waals surface area contributed by atoms with Gasteiger partial charge >= 0.3 is 5.97 Å². The zero-order valence-corrected chi connectivity index (χ0v) is 14.9. The second-order valence-corrected chi connectivity index (χ2v) is 6.59. The fourth-order valence-electron chi connectivity index (χ4n) is 2.00. The lowest BCUT2D eigenvalue weighted by Gasteiger charge is -2.20. The third-order valence-electron chi connectivity index (χ3n) is 3.10. The molecule has 8 nitrogen and oxygen atoms in total. The van der Waals surface area contributed by atoms with Crippen LogP contribution in [0.2, 0.25) is 0 Å². The predicted molar refractivity (Wildman–Crippen MR) is 90.0 cm³/mol. The van der Waals surface area contributed by atoms with Crippen molar-refractivity contribution in [1.82, 2.24) is 10.8 Å². The molecule has 0 saturated carbocycles. The van der Waals surface area contributed by atoms with Gasteiger partial charge in [0.15, 0.2) is 6.61 Å². The molecule has 1 amide bonds. The molecule has 0 aliphatic rings. The van der Waals surface area contributed by atoms with Gasteiger partial charge in [-0.2, -0.15) is 0 Å². The third-order valence-corrected chi connectivity index (χ3v) is 3.10. The van der Waals surface area contributed by atoms with E-state index in [4.69, 9.17) is 14.7 Å². The number of carbonyl (C=O) groups is 2. The zero-order chi connectivity index (χ0) is 19.0. The van der Waals surface area contributed by atoms with E-state index in [-0.39, 0.29) is 6.61 Å². The molecule has 0 aliphatic heterocycles. The summed E-state index contributed by atoms with van der Waals surface area (Å²) in [5.41, 5.74) is 1.79. The molecule has 1 aromatic rings. The van der Waals surface area contributed by atoms with E-state index in [1.54, 1.807) is 45.0 Å². The fraction of sp³-hybridized carbons (Fsp3) is 0.529. The number of carbonyl (C=O) groups excluding carboxylic acids is 2. The maximum Gasteiger partial charge on any atom is 0.344 e. The summed E-state index contributed by atoms with van der Waals surface area (Å²) >= 11 is 0. The van der Waals surface area contributed by atoms with Gasteiger partial charge in [0, 0.05) is 6.54 Å². The molecule has 0 radical (unpaired) electrons. The summed E-state index contributed by atoms with van der Waals surface area (Å²) in [6.07, 6.45) is -0.969. The summed E-state index contributed by atoms with van der Waals surface area (Å²) < 4.78 is 10.5. The van der Waals surface area contributed by atoms with Crippen LogP contribution in [0.25, 0.3) is 0 Å². The Morgan fingerprint density at radius 2 is 1.80 bits per heavy atom. The van der Waals surface area contributed by atoms with Gasteiger partial charge in [-0.3, -0.25) is 15.3 Å². The Hall–Kier alpha value is -2.16. The van der Waals surface area contributed by atoms with E-state index in [1.165, 1.54) is 12.4 Å². The van der Waals surface area contributed by atoms with Gasteiger partial charge in [-0.05, 0) is 45.4 Å². The summed E-state index contributed by atoms with van der Waals surface area (Å²) in [6, 6.07) is 5.95. The predicted octanol–water partition coefficient (Wildman–Crippen LogP) is 0.751. The molecule has 0 fully saturated rings. The molecule has 0 saturated heterocycles. The lowest BCUT2D eigenvalue weighted by Crippen LogP contribution is -2.49. The maximum absolute atomic E-state index is 11.6. The molecule has 1 rings (SSSR count). The molecular formula is C17H26N2O6. The van der Waals surface area contributed by atoms with Crippen molar-refractivity contribution in [3.63, 3.8) is 0 Å². The number of rotatable bonds is 8. The SMILES string of the molecule is C[C@@H](O)[C@H](NCc1ccc(OCC(=O)OC(C)(C)C)cc1)C(=O)NO. The van der Waals surface area contributed by atoms with Crippen molar-refractivity contribution in [2.24, 2.45) is 0 Å². The first-order chi connectivity index (χ1) is 11.6. The van der Waals surface area contributed by atoms with E-state index >= 15 is 0 Å². The van der Waals surface area contributed by atoms with Gasteiger partial charge in [-0.25, -0.2) is 10.3 Å². The Labute approximate surface area is 147 Å². The standard InChI is InChI=1S/C17H26N2O6/c1-11(20)15(16(22)19-23)18-9-12-5-7-13(8-6-12)24-10-14(21)25-17(2,3)4/h5-8,11,15,18,20,23H,9-10H2,1-4H3,(H,19,22)/t11-,15+/m1/s1. The Kier molecular flexibility index (Phi) is 7.82. The first kappa shape index (κ1) is 20.9. The van der Waals surface area contributed by atoms with Crippen LogP contribution in [0, 0.1) is 0 Å². The van der Waals surface area contributed by atoms with Gasteiger partial charge in [0.1, 0.15) is 17.4 Å². The topological polar surface area (TPSA) is 117 Å². The molecule has 8 heteroatoms. The summed E-state index contributed by atoms with van der Waals surface area (Å²) in [4.78, 5) is 23.0. The van der Waals surface area contributed by atoms with Crippen LogP contribution in [-0.4, -0.2) is 46.5 Å². The number of aliphatic hydroxyl groups is 1. The van der Waals surface area contributed by atoms with Gasteiger partial charge in [-0.1, -0.05) is 12.1 Å². The maximum atomic E-state index is 11.6. The quantitative estimate of drug-likeness (QED) is 0.309. The number of hydroxylamine groups is 1. The number of esters is 1. The molecule has 4 N–H and O–H groups in total. The molecule has 0 heterocycles. The van der Waals surface area contributed by atoms with Crippen molar-refractivity contribution < 1.29 is 29.4 Å². The van der Waals surface area contributed by atoms with Crippen molar-refractivity contribution >= 4 is 11.9 Å². The molecule has 0 spiro atoms. The third kappa shape index (κ3) is 7.97. The number of ether oxygens (including phenoxy) is 2. The monoisotopic (exact) mass is 354 g/mol. The number of nitrogens with one attached hydrogen (secondary N) is 2. The van der Waals surface area contributed by atoms with Crippen molar-refractivity contribution in [3.05, 3.63) is 29.8 Å². The normalized spacial score (nSPS) is 13.7. The highest BCUT2D eigenvalue weighted by molar-refractivity contribution is 5.81. The van der Waals surface area contributed by atoms with E-state index in [9.17, 15) is 14.7 Å². The molecular weight excluding hydrogens is 328 g/mol. The van der Waals surface area contributed by atoms with Gasteiger partial charge in [0.25, 0.3) is 5.91 Å². The van der Waals surface area contributed by atoms with Crippen LogP contribution in [0.4, 0.5) is 0 Å². The second kappa shape index (κ2) is 9.36. The number of aliphatic hydroxyl groups excluding tert-OH is 1. The average Bonchev–Trinajstić information content (AvgIpc) is 2.52. The largest absolute Gasteiger partial charge is 0.482 e. The molecule has 1 aromatic carbocycles. The molecule has 0 aliphatic carbocycles. The van der Waals surface area contributed by atoms with Crippen LogP contribution in [0.1, 0.15) is 33.3 Å². The Balaban J connectivity index is 2.51. The molecule has 140 valence electrons. The average molecular weight is 354 g/mol. The van der Waals surface area contributed by atoms with Crippen LogP contribution in [0.5, 0.6) is 5.75 Å². The van der Waals surface area contributed by atoms with Gasteiger partial charge < -0.3 is 14.6 Å². The number of hydrogen-bond donors (Lipinski definition) is 4. The van der Waals surface area contributed by atoms with Crippen LogP contribution in [0.15, 0.2) is 24.3 Å². The molecule has 0 unspecified atom stereocenters. The zero-order valence-electron chi connectivity index (χ0n) is 14.9. The van der Waals surface area contributed by atoms with Crippen molar-refractivity contribution in [2.75, 3.05) is 6.61 Å². The minimum absolute atomic E-state index is 0.185. The van der Waals surface area contributed by atoms with E-state index in [2.05, 4.69) is 5.32 Å². The molecule has 2 atom stereocenters.